The number of likely N-dealkylation sites (tertiary alicyclic amines) is 1. The van der Waals surface area contributed by atoms with Crippen LogP contribution in [0.15, 0.2) is 0 Å². The maximum atomic E-state index is 8.53. The van der Waals surface area contributed by atoms with Gasteiger partial charge in [0.15, 0.2) is 6.19 Å². The first kappa shape index (κ1) is 6.41. The van der Waals surface area contributed by atoms with Gasteiger partial charge in [-0.3, -0.25) is 0 Å². The Labute approximate surface area is 56.1 Å². The minimum atomic E-state index is 0.477. The van der Waals surface area contributed by atoms with E-state index in [-0.39, 0.29) is 0 Å². The maximum absolute atomic E-state index is 8.53. The van der Waals surface area contributed by atoms with Crippen molar-refractivity contribution in [3.8, 4) is 6.19 Å². The van der Waals surface area contributed by atoms with Crippen molar-refractivity contribution in [2.45, 2.75) is 26.3 Å². The van der Waals surface area contributed by atoms with Crippen LogP contribution >= 0.6 is 0 Å². The van der Waals surface area contributed by atoms with E-state index in [0.717, 1.165) is 6.54 Å². The average molecular weight is 124 g/mol. The molecule has 1 aliphatic heterocycles. The third kappa shape index (κ3) is 1.16. The summed E-state index contributed by atoms with van der Waals surface area (Å²) < 4.78 is 0. The summed E-state index contributed by atoms with van der Waals surface area (Å²) in [7, 11) is 0. The van der Waals surface area contributed by atoms with Gasteiger partial charge in [-0.05, 0) is 19.3 Å². The fourth-order valence-corrected chi connectivity index (χ4v) is 1.44. The average Bonchev–Trinajstić information content (AvgIpc) is 2.10. The van der Waals surface area contributed by atoms with Gasteiger partial charge in [-0.15, -0.1) is 0 Å². The second kappa shape index (κ2) is 2.26. The molecule has 1 heterocycles. The Morgan fingerprint density at radius 2 is 2.22 bits per heavy atom. The van der Waals surface area contributed by atoms with Crippen molar-refractivity contribution in [1.29, 1.82) is 5.26 Å². The van der Waals surface area contributed by atoms with E-state index in [1.165, 1.54) is 6.42 Å². The molecule has 2 nitrogen and oxygen atoms in total. The zero-order chi connectivity index (χ0) is 6.85. The lowest BCUT2D eigenvalue weighted by molar-refractivity contribution is 0.384. The minimum Gasteiger partial charge on any atom is -0.308 e. The normalized spacial score (nSPS) is 34.6. The zero-order valence-corrected chi connectivity index (χ0v) is 5.96. The molecule has 50 valence electrons. The van der Waals surface area contributed by atoms with Crippen LogP contribution in [0.2, 0.25) is 0 Å². The SMILES string of the molecule is CC1CC(C)N(C#N)C1. The molecule has 1 saturated heterocycles. The van der Waals surface area contributed by atoms with Gasteiger partial charge in [-0.1, -0.05) is 6.92 Å². The molecule has 0 N–H and O–H groups in total. The highest BCUT2D eigenvalue weighted by Gasteiger charge is 2.24. The van der Waals surface area contributed by atoms with E-state index in [0.29, 0.717) is 12.0 Å². The van der Waals surface area contributed by atoms with Crippen LogP contribution < -0.4 is 0 Å². The third-order valence-corrected chi connectivity index (χ3v) is 1.91. The van der Waals surface area contributed by atoms with Crippen molar-refractivity contribution in [3.05, 3.63) is 0 Å². The Kier molecular flexibility index (Phi) is 1.61. The molecule has 2 heteroatoms. The molecule has 0 radical (unpaired) electrons. The van der Waals surface area contributed by atoms with Crippen molar-refractivity contribution in [3.63, 3.8) is 0 Å². The topological polar surface area (TPSA) is 27.0 Å². The van der Waals surface area contributed by atoms with Crippen molar-refractivity contribution >= 4 is 0 Å². The van der Waals surface area contributed by atoms with E-state index in [4.69, 9.17) is 5.26 Å². The molecule has 0 aromatic heterocycles. The van der Waals surface area contributed by atoms with E-state index >= 15 is 0 Å². The quantitative estimate of drug-likeness (QED) is 0.454. The minimum absolute atomic E-state index is 0.477. The first-order valence-corrected chi connectivity index (χ1v) is 3.40. The fourth-order valence-electron chi connectivity index (χ4n) is 1.44. The molecule has 0 aliphatic carbocycles. The summed E-state index contributed by atoms with van der Waals surface area (Å²) in [6, 6.07) is 0.477. The van der Waals surface area contributed by atoms with Gasteiger partial charge in [-0.25, -0.2) is 0 Å². The standard InChI is InChI=1S/C7H12N2/c1-6-3-7(2)9(4-6)5-8/h6-7H,3-4H2,1-2H3. The zero-order valence-electron chi connectivity index (χ0n) is 5.96. The Morgan fingerprint density at radius 1 is 1.56 bits per heavy atom. The summed E-state index contributed by atoms with van der Waals surface area (Å²) in [5.41, 5.74) is 0. The largest absolute Gasteiger partial charge is 0.308 e. The van der Waals surface area contributed by atoms with Crippen LogP contribution in [0.4, 0.5) is 0 Å². The van der Waals surface area contributed by atoms with Gasteiger partial charge in [0.25, 0.3) is 0 Å². The molecule has 0 bridgehead atoms. The van der Waals surface area contributed by atoms with Crippen LogP contribution in [-0.4, -0.2) is 17.5 Å². The Morgan fingerprint density at radius 3 is 2.44 bits per heavy atom. The van der Waals surface area contributed by atoms with Crippen molar-refractivity contribution < 1.29 is 0 Å². The highest BCUT2D eigenvalue weighted by molar-refractivity contribution is 4.88. The highest BCUT2D eigenvalue weighted by Crippen LogP contribution is 2.20. The summed E-state index contributed by atoms with van der Waals surface area (Å²) in [6.45, 7) is 5.25. The molecule has 1 aliphatic rings. The summed E-state index contributed by atoms with van der Waals surface area (Å²) in [4.78, 5) is 1.85. The smallest absolute Gasteiger partial charge is 0.179 e. The van der Waals surface area contributed by atoms with Crippen molar-refractivity contribution in [1.82, 2.24) is 4.90 Å². The summed E-state index contributed by atoms with van der Waals surface area (Å²) in [5, 5.41) is 8.53. The van der Waals surface area contributed by atoms with E-state index in [9.17, 15) is 0 Å². The lowest BCUT2D eigenvalue weighted by Gasteiger charge is -2.11. The van der Waals surface area contributed by atoms with Crippen LogP contribution in [-0.2, 0) is 0 Å². The second-order valence-electron chi connectivity index (χ2n) is 2.94. The van der Waals surface area contributed by atoms with Gasteiger partial charge in [0.1, 0.15) is 0 Å². The molecular weight excluding hydrogens is 112 g/mol. The lowest BCUT2D eigenvalue weighted by Crippen LogP contribution is -2.20. The van der Waals surface area contributed by atoms with E-state index in [1.54, 1.807) is 0 Å². The molecular formula is C7H12N2. The summed E-state index contributed by atoms with van der Waals surface area (Å²) in [6.07, 6.45) is 3.35. The Balaban J connectivity index is 2.50. The van der Waals surface area contributed by atoms with Gasteiger partial charge in [-0.2, -0.15) is 5.26 Å². The third-order valence-electron chi connectivity index (χ3n) is 1.91. The van der Waals surface area contributed by atoms with Crippen molar-refractivity contribution in [2.24, 2.45) is 5.92 Å². The number of rotatable bonds is 0. The van der Waals surface area contributed by atoms with Gasteiger partial charge in [0.2, 0.25) is 0 Å². The molecule has 0 saturated carbocycles. The Bertz CT molecular complexity index is 136. The summed E-state index contributed by atoms with van der Waals surface area (Å²) in [5.74, 6) is 0.708. The van der Waals surface area contributed by atoms with Crippen LogP contribution in [0.5, 0.6) is 0 Å². The molecule has 1 fully saturated rings. The number of hydrogen-bond acceptors (Lipinski definition) is 2. The lowest BCUT2D eigenvalue weighted by atomic mass is 10.1. The van der Waals surface area contributed by atoms with E-state index in [1.807, 2.05) is 4.90 Å². The van der Waals surface area contributed by atoms with Crippen LogP contribution in [0.25, 0.3) is 0 Å². The first-order chi connectivity index (χ1) is 4.24. The number of nitriles is 1. The van der Waals surface area contributed by atoms with E-state index in [2.05, 4.69) is 20.0 Å². The predicted molar refractivity (Wildman–Crippen MR) is 35.6 cm³/mol. The molecule has 2 unspecified atom stereocenters. The molecule has 2 atom stereocenters. The molecule has 0 aromatic rings. The van der Waals surface area contributed by atoms with Gasteiger partial charge in [0, 0.05) is 12.6 Å². The molecule has 0 spiro atoms. The maximum Gasteiger partial charge on any atom is 0.179 e. The molecule has 1 rings (SSSR count). The first-order valence-electron chi connectivity index (χ1n) is 3.40. The van der Waals surface area contributed by atoms with Gasteiger partial charge < -0.3 is 4.90 Å². The molecule has 0 amide bonds. The van der Waals surface area contributed by atoms with Crippen LogP contribution in [0.1, 0.15) is 20.3 Å². The number of hydrogen-bond donors (Lipinski definition) is 0. The predicted octanol–water partition coefficient (Wildman–Crippen LogP) is 1.20. The van der Waals surface area contributed by atoms with E-state index < -0.39 is 0 Å². The number of nitrogens with zero attached hydrogens (tertiary/aromatic N) is 2. The van der Waals surface area contributed by atoms with Crippen molar-refractivity contribution in [2.75, 3.05) is 6.54 Å². The molecule has 0 aromatic carbocycles. The highest BCUT2D eigenvalue weighted by atomic mass is 15.2. The molecule has 9 heavy (non-hydrogen) atoms. The second-order valence-corrected chi connectivity index (χ2v) is 2.94. The Hall–Kier alpha value is -0.710. The van der Waals surface area contributed by atoms with Gasteiger partial charge >= 0.3 is 0 Å². The summed E-state index contributed by atoms with van der Waals surface area (Å²) >= 11 is 0. The van der Waals surface area contributed by atoms with Gasteiger partial charge in [0.05, 0.1) is 0 Å². The van der Waals surface area contributed by atoms with Crippen LogP contribution in [0, 0.1) is 17.4 Å². The van der Waals surface area contributed by atoms with Crippen LogP contribution in [0.3, 0.4) is 0 Å². The monoisotopic (exact) mass is 124 g/mol. The fraction of sp³-hybridized carbons (Fsp3) is 0.857.